The van der Waals surface area contributed by atoms with E-state index in [-0.39, 0.29) is 43.7 Å². The molecule has 0 atom stereocenters. The Kier molecular flexibility index (Phi) is 10.3. The van der Waals surface area contributed by atoms with E-state index in [0.29, 0.717) is 0 Å². The first kappa shape index (κ1) is 33.4. The summed E-state index contributed by atoms with van der Waals surface area (Å²) < 4.78 is 37.3. The van der Waals surface area contributed by atoms with Crippen molar-refractivity contribution in [3.05, 3.63) is 107 Å². The molecule has 0 aromatic heterocycles. The number of sulfone groups is 1. The molecule has 0 saturated heterocycles. The van der Waals surface area contributed by atoms with E-state index in [1.165, 1.54) is 60.7 Å². The summed E-state index contributed by atoms with van der Waals surface area (Å²) >= 11 is 0. The zero-order chi connectivity index (χ0) is 29.9. The highest BCUT2D eigenvalue weighted by Gasteiger charge is 2.20. The van der Waals surface area contributed by atoms with Gasteiger partial charge in [-0.2, -0.15) is 0 Å². The Morgan fingerprint density at radius 2 is 0.721 bits per heavy atom. The van der Waals surface area contributed by atoms with Gasteiger partial charge in [-0.1, -0.05) is 0 Å². The second kappa shape index (κ2) is 13.3. The second-order valence-electron chi connectivity index (χ2n) is 8.29. The molecule has 4 aromatic rings. The van der Waals surface area contributed by atoms with E-state index in [9.17, 15) is 37.8 Å². The molecule has 224 valence electrons. The molecule has 0 heterocycles. The Labute approximate surface area is 242 Å². The summed E-state index contributed by atoms with van der Waals surface area (Å²) in [7, 11) is -3.98. The van der Waals surface area contributed by atoms with Gasteiger partial charge in [0.1, 0.15) is 23.0 Å². The van der Waals surface area contributed by atoms with E-state index >= 15 is 0 Å². The zero-order valence-electron chi connectivity index (χ0n) is 21.5. The Bertz CT molecular complexity index is 1670. The van der Waals surface area contributed by atoms with Crippen LogP contribution in [0.25, 0.3) is 0 Å². The predicted octanol–water partition coefficient (Wildman–Crippen LogP) is 3.25. The molecule has 14 nitrogen and oxygen atoms in total. The van der Waals surface area contributed by atoms with Crippen LogP contribution in [-0.4, -0.2) is 63.7 Å². The van der Waals surface area contributed by atoms with Crippen LogP contribution in [0.3, 0.4) is 0 Å². The highest BCUT2D eigenvalue weighted by molar-refractivity contribution is 7.91. The van der Waals surface area contributed by atoms with Crippen LogP contribution >= 0.6 is 0 Å². The van der Waals surface area contributed by atoms with Gasteiger partial charge in [-0.15, -0.1) is 0 Å². The quantitative estimate of drug-likeness (QED) is 0.200. The second-order valence-corrected chi connectivity index (χ2v) is 10.2. The number of carboxylic acids is 4. The minimum atomic E-state index is -3.98. The van der Waals surface area contributed by atoms with Crippen molar-refractivity contribution in [3.63, 3.8) is 0 Å². The molecule has 0 spiro atoms. The monoisotopic (exact) mass is 614 g/mol. The summed E-state index contributed by atoms with van der Waals surface area (Å²) in [5, 5.41) is 36.8. The lowest BCUT2D eigenvalue weighted by atomic mass is 10.1. The van der Waals surface area contributed by atoms with Crippen LogP contribution in [-0.2, 0) is 9.84 Å². The molecule has 0 unspecified atom stereocenters. The lowest BCUT2D eigenvalue weighted by molar-refractivity contribution is 0.0651. The summed E-state index contributed by atoms with van der Waals surface area (Å²) in [4.78, 5) is 45.0. The summed E-state index contributed by atoms with van der Waals surface area (Å²) in [5.74, 6) is -5.32. The van der Waals surface area contributed by atoms with Crippen LogP contribution in [0.15, 0.2) is 94.7 Å². The van der Waals surface area contributed by atoms with Gasteiger partial charge >= 0.3 is 23.9 Å². The highest BCUT2D eigenvalue weighted by atomic mass is 32.2. The molecule has 0 fully saturated rings. The van der Waals surface area contributed by atoms with Crippen molar-refractivity contribution in [2.24, 2.45) is 0 Å². The average Bonchev–Trinajstić information content (AvgIpc) is 2.93. The average molecular weight is 615 g/mol. The SMILES string of the molecule is O.O.O=C(O)c1ccc(Oc2ccc(S(=O)(=O)c3ccc(Oc4ccc(C(=O)O)c(C(=O)O)c4)cc3)cc2)cc1C(=O)O. The maximum Gasteiger partial charge on any atom is 0.336 e. The van der Waals surface area contributed by atoms with E-state index < -0.39 is 56.0 Å². The maximum absolute atomic E-state index is 13.1. The van der Waals surface area contributed by atoms with Gasteiger partial charge in [-0.3, -0.25) is 0 Å². The third-order valence-corrected chi connectivity index (χ3v) is 7.43. The first-order valence-electron chi connectivity index (χ1n) is 11.4. The molecule has 4 rings (SSSR count). The Morgan fingerprint density at radius 3 is 1.00 bits per heavy atom. The van der Waals surface area contributed by atoms with E-state index in [1.54, 1.807) is 0 Å². The van der Waals surface area contributed by atoms with Crippen LogP contribution in [0.1, 0.15) is 41.4 Å². The molecule has 4 aromatic carbocycles. The Balaban J connectivity index is 0.00000323. The lowest BCUT2D eigenvalue weighted by Crippen LogP contribution is -2.08. The van der Waals surface area contributed by atoms with Crippen molar-refractivity contribution in [2.45, 2.75) is 9.79 Å². The zero-order valence-corrected chi connectivity index (χ0v) is 22.4. The van der Waals surface area contributed by atoms with Crippen molar-refractivity contribution < 1.29 is 68.4 Å². The fraction of sp³-hybridized carbons (Fsp3) is 0. The summed E-state index contributed by atoms with van der Waals surface area (Å²) in [6.45, 7) is 0. The van der Waals surface area contributed by atoms with Gasteiger partial charge in [0.05, 0.1) is 32.0 Å². The molecule has 0 saturated carbocycles. The van der Waals surface area contributed by atoms with Crippen molar-refractivity contribution in [1.29, 1.82) is 0 Å². The number of carboxylic acid groups (broad SMARTS) is 4. The normalized spacial score (nSPS) is 10.4. The van der Waals surface area contributed by atoms with Crippen molar-refractivity contribution in [2.75, 3.05) is 0 Å². The molecular formula is C28H22O14S. The van der Waals surface area contributed by atoms with Crippen molar-refractivity contribution in [3.8, 4) is 23.0 Å². The summed E-state index contributed by atoms with van der Waals surface area (Å²) in [5.41, 5.74) is -1.77. The van der Waals surface area contributed by atoms with Gasteiger partial charge < -0.3 is 40.9 Å². The molecule has 0 amide bonds. The maximum atomic E-state index is 13.1. The fourth-order valence-electron chi connectivity index (χ4n) is 3.68. The highest BCUT2D eigenvalue weighted by Crippen LogP contribution is 2.30. The number of hydrogen-bond donors (Lipinski definition) is 4. The molecule has 0 radical (unpaired) electrons. The molecule has 15 heteroatoms. The van der Waals surface area contributed by atoms with Crippen molar-refractivity contribution in [1.82, 2.24) is 0 Å². The largest absolute Gasteiger partial charge is 0.478 e. The van der Waals surface area contributed by atoms with E-state index in [2.05, 4.69) is 0 Å². The minimum Gasteiger partial charge on any atom is -0.478 e. The van der Waals surface area contributed by atoms with Crippen molar-refractivity contribution >= 4 is 33.7 Å². The number of benzene rings is 4. The Hall–Kier alpha value is -5.77. The Morgan fingerprint density at radius 1 is 0.442 bits per heavy atom. The van der Waals surface area contributed by atoms with E-state index in [1.807, 2.05) is 0 Å². The fourth-order valence-corrected chi connectivity index (χ4v) is 4.94. The van der Waals surface area contributed by atoms with E-state index in [0.717, 1.165) is 24.3 Å². The third kappa shape index (κ3) is 7.31. The van der Waals surface area contributed by atoms with Crippen LogP contribution in [0.4, 0.5) is 0 Å². The van der Waals surface area contributed by atoms with E-state index in [4.69, 9.17) is 19.7 Å². The van der Waals surface area contributed by atoms with Crippen LogP contribution < -0.4 is 9.47 Å². The molecule has 0 aliphatic heterocycles. The number of rotatable bonds is 10. The lowest BCUT2D eigenvalue weighted by Gasteiger charge is -2.11. The topological polar surface area (TPSA) is 265 Å². The van der Waals surface area contributed by atoms with Crippen LogP contribution in [0.5, 0.6) is 23.0 Å². The molecule has 43 heavy (non-hydrogen) atoms. The van der Waals surface area contributed by atoms with Crippen LogP contribution in [0.2, 0.25) is 0 Å². The standard InChI is InChI=1S/C28H18O12S.2H2O/c29-25(30)21-11-5-17(13-23(21)27(33)34)39-15-1-7-19(8-2-15)41(37,38)20-9-3-16(4-10-20)40-18-6-12-22(26(31)32)24(14-18)28(35)36;;/h1-14H,(H,29,30)(H,31,32)(H,33,34)(H,35,36);2*1H2. The molecule has 0 aliphatic rings. The van der Waals surface area contributed by atoms with Gasteiger partial charge in [0, 0.05) is 0 Å². The number of carbonyl (C=O) groups is 4. The minimum absolute atomic E-state index is 0. The molecule has 0 bridgehead atoms. The number of aromatic carboxylic acids is 4. The summed E-state index contributed by atoms with van der Waals surface area (Å²) in [6.07, 6.45) is 0. The molecule has 0 aliphatic carbocycles. The van der Waals surface area contributed by atoms with Gasteiger partial charge in [-0.25, -0.2) is 27.6 Å². The van der Waals surface area contributed by atoms with Gasteiger partial charge in [0.25, 0.3) is 0 Å². The van der Waals surface area contributed by atoms with Crippen LogP contribution in [0, 0.1) is 0 Å². The summed E-state index contributed by atoms with van der Waals surface area (Å²) in [6, 6.07) is 17.3. The number of hydrogen-bond acceptors (Lipinski definition) is 8. The van der Waals surface area contributed by atoms with Gasteiger partial charge in [-0.05, 0) is 84.9 Å². The first-order chi connectivity index (χ1) is 19.4. The number of ether oxygens (including phenoxy) is 2. The predicted molar refractivity (Wildman–Crippen MR) is 146 cm³/mol. The molecular weight excluding hydrogens is 592 g/mol. The first-order valence-corrected chi connectivity index (χ1v) is 12.9. The third-order valence-electron chi connectivity index (χ3n) is 5.64. The molecule has 8 N–H and O–H groups in total. The smallest absolute Gasteiger partial charge is 0.336 e. The van der Waals surface area contributed by atoms with Gasteiger partial charge in [0.2, 0.25) is 9.84 Å². The van der Waals surface area contributed by atoms with Gasteiger partial charge in [0.15, 0.2) is 0 Å².